The van der Waals surface area contributed by atoms with Crippen LogP contribution in [0.2, 0.25) is 0 Å². The maximum atomic E-state index is 11.5. The normalized spacial score (nSPS) is 21.3. The lowest BCUT2D eigenvalue weighted by atomic mass is 10.1. The van der Waals surface area contributed by atoms with Crippen LogP contribution in [0.5, 0.6) is 0 Å². The number of nitrogens with one attached hydrogen (secondary N) is 1. The number of nitrogens with zero attached hydrogens (tertiary/aromatic N) is 2. The van der Waals surface area contributed by atoms with Gasteiger partial charge in [0.2, 0.25) is 0 Å². The first-order chi connectivity index (χ1) is 9.10. The van der Waals surface area contributed by atoms with E-state index in [1.165, 1.54) is 0 Å². The summed E-state index contributed by atoms with van der Waals surface area (Å²) in [7, 11) is 2.15. The number of benzene rings is 1. The molecule has 1 saturated heterocycles. The van der Waals surface area contributed by atoms with Crippen molar-refractivity contribution in [2.45, 2.75) is 19.5 Å². The molecule has 0 spiro atoms. The highest BCUT2D eigenvalue weighted by Gasteiger charge is 2.21. The van der Waals surface area contributed by atoms with Crippen molar-refractivity contribution in [1.29, 1.82) is 0 Å². The number of hydrogen-bond acceptors (Lipinski definition) is 4. The van der Waals surface area contributed by atoms with Gasteiger partial charge in [-0.15, -0.1) is 0 Å². The Labute approximate surface area is 114 Å². The van der Waals surface area contributed by atoms with E-state index in [1.807, 2.05) is 12.1 Å². The van der Waals surface area contributed by atoms with Crippen LogP contribution in [0.25, 0.3) is 0 Å². The Morgan fingerprint density at radius 2 is 2.26 bits per heavy atom. The Morgan fingerprint density at radius 3 is 2.95 bits per heavy atom. The topological polar surface area (TPSA) is 61.6 Å². The molecule has 19 heavy (non-hydrogen) atoms. The Morgan fingerprint density at radius 1 is 1.47 bits per heavy atom. The molecule has 0 bridgehead atoms. The molecule has 1 aromatic rings. The van der Waals surface area contributed by atoms with Gasteiger partial charge in [-0.05, 0) is 31.7 Å². The van der Waals surface area contributed by atoms with Gasteiger partial charge >= 0.3 is 0 Å². The second-order valence-electron chi connectivity index (χ2n) is 5.26. The molecule has 0 aromatic heterocycles. The van der Waals surface area contributed by atoms with Crippen molar-refractivity contribution >= 4 is 5.91 Å². The van der Waals surface area contributed by atoms with Crippen LogP contribution in [0, 0.1) is 0 Å². The van der Waals surface area contributed by atoms with Crippen molar-refractivity contribution in [2.24, 2.45) is 5.84 Å². The summed E-state index contributed by atoms with van der Waals surface area (Å²) in [5.74, 6) is 4.92. The molecule has 5 heteroatoms. The third-order valence-electron chi connectivity index (χ3n) is 3.67. The number of carbonyl (C=O) groups is 1. The number of nitrogens with two attached hydrogens (primary N) is 1. The largest absolute Gasteiger partial charge is 0.304 e. The highest BCUT2D eigenvalue weighted by Crippen LogP contribution is 2.14. The van der Waals surface area contributed by atoms with E-state index >= 15 is 0 Å². The maximum absolute atomic E-state index is 11.5. The molecule has 2 rings (SSSR count). The number of carbonyl (C=O) groups excluding carboxylic acids is 1. The van der Waals surface area contributed by atoms with Crippen molar-refractivity contribution in [3.8, 4) is 0 Å². The second-order valence-corrected chi connectivity index (χ2v) is 5.26. The van der Waals surface area contributed by atoms with Crippen LogP contribution in [-0.4, -0.2) is 48.4 Å². The highest BCUT2D eigenvalue weighted by atomic mass is 16.2. The van der Waals surface area contributed by atoms with Crippen molar-refractivity contribution in [3.63, 3.8) is 0 Å². The van der Waals surface area contributed by atoms with Crippen molar-refractivity contribution in [1.82, 2.24) is 15.2 Å². The number of hydrazine groups is 1. The summed E-state index contributed by atoms with van der Waals surface area (Å²) in [6.45, 7) is 6.36. The van der Waals surface area contributed by atoms with Crippen LogP contribution < -0.4 is 11.3 Å². The van der Waals surface area contributed by atoms with Gasteiger partial charge in [0.25, 0.3) is 5.91 Å². The van der Waals surface area contributed by atoms with E-state index < -0.39 is 0 Å². The van der Waals surface area contributed by atoms with Crippen LogP contribution in [0.3, 0.4) is 0 Å². The standard InChI is InChI=1S/C14H22N4O/c1-11-9-17(2)6-7-18(11)10-12-4-3-5-13(8-12)14(19)16-15/h3-5,8,11H,6-7,9-10,15H2,1-2H3,(H,16,19). The molecule has 1 atom stereocenters. The zero-order valence-electron chi connectivity index (χ0n) is 11.6. The maximum Gasteiger partial charge on any atom is 0.265 e. The molecule has 1 fully saturated rings. The van der Waals surface area contributed by atoms with Crippen LogP contribution in [-0.2, 0) is 6.54 Å². The average molecular weight is 262 g/mol. The number of hydrogen-bond donors (Lipinski definition) is 2. The van der Waals surface area contributed by atoms with Gasteiger partial charge < -0.3 is 4.90 Å². The molecule has 1 heterocycles. The lowest BCUT2D eigenvalue weighted by Gasteiger charge is -2.38. The molecule has 1 unspecified atom stereocenters. The zero-order valence-corrected chi connectivity index (χ0v) is 11.6. The SMILES string of the molecule is CC1CN(C)CCN1Cc1cccc(C(=O)NN)c1. The van der Waals surface area contributed by atoms with Gasteiger partial charge in [0.05, 0.1) is 0 Å². The molecule has 1 aliphatic rings. The van der Waals surface area contributed by atoms with Crippen molar-refractivity contribution in [2.75, 3.05) is 26.7 Å². The lowest BCUT2D eigenvalue weighted by molar-refractivity contribution is 0.0933. The Balaban J connectivity index is 2.04. The lowest BCUT2D eigenvalue weighted by Crippen LogP contribution is -2.49. The van der Waals surface area contributed by atoms with Gasteiger partial charge in [0.15, 0.2) is 0 Å². The molecule has 5 nitrogen and oxygen atoms in total. The Bertz CT molecular complexity index is 449. The summed E-state index contributed by atoms with van der Waals surface area (Å²) in [5.41, 5.74) is 3.93. The van der Waals surface area contributed by atoms with E-state index in [0.717, 1.165) is 31.7 Å². The minimum Gasteiger partial charge on any atom is -0.304 e. The number of nitrogen functional groups attached to an aromatic ring is 1. The van der Waals surface area contributed by atoms with E-state index in [1.54, 1.807) is 6.07 Å². The fraction of sp³-hybridized carbons (Fsp3) is 0.500. The quantitative estimate of drug-likeness (QED) is 0.471. The van der Waals surface area contributed by atoms with Crippen LogP contribution in [0.1, 0.15) is 22.8 Å². The van der Waals surface area contributed by atoms with Gasteiger partial charge in [-0.3, -0.25) is 15.1 Å². The van der Waals surface area contributed by atoms with Crippen LogP contribution in [0.4, 0.5) is 0 Å². The molecular weight excluding hydrogens is 240 g/mol. The highest BCUT2D eigenvalue weighted by molar-refractivity contribution is 5.93. The Hall–Kier alpha value is -1.43. The first-order valence-corrected chi connectivity index (χ1v) is 6.62. The van der Waals surface area contributed by atoms with E-state index in [-0.39, 0.29) is 5.91 Å². The number of rotatable bonds is 3. The molecule has 0 radical (unpaired) electrons. The molecule has 104 valence electrons. The summed E-state index contributed by atoms with van der Waals surface area (Å²) >= 11 is 0. The fourth-order valence-electron chi connectivity index (χ4n) is 2.54. The summed E-state index contributed by atoms with van der Waals surface area (Å²) < 4.78 is 0. The molecule has 1 aliphatic heterocycles. The van der Waals surface area contributed by atoms with E-state index in [9.17, 15) is 4.79 Å². The minimum atomic E-state index is -0.242. The van der Waals surface area contributed by atoms with Gasteiger partial charge in [-0.1, -0.05) is 12.1 Å². The summed E-state index contributed by atoms with van der Waals surface area (Å²) in [4.78, 5) is 16.3. The van der Waals surface area contributed by atoms with E-state index in [4.69, 9.17) is 5.84 Å². The van der Waals surface area contributed by atoms with Gasteiger partial charge in [-0.25, -0.2) is 5.84 Å². The van der Waals surface area contributed by atoms with Crippen LogP contribution >= 0.6 is 0 Å². The third-order valence-corrected chi connectivity index (χ3v) is 3.67. The summed E-state index contributed by atoms with van der Waals surface area (Å²) in [6, 6.07) is 8.18. The molecule has 0 saturated carbocycles. The number of piperazine rings is 1. The third kappa shape index (κ3) is 3.53. The van der Waals surface area contributed by atoms with Gasteiger partial charge in [0.1, 0.15) is 0 Å². The van der Waals surface area contributed by atoms with Gasteiger partial charge in [0, 0.05) is 37.8 Å². The predicted molar refractivity (Wildman–Crippen MR) is 75.5 cm³/mol. The fourth-order valence-corrected chi connectivity index (χ4v) is 2.54. The summed E-state index contributed by atoms with van der Waals surface area (Å²) in [5, 5.41) is 0. The molecule has 3 N–H and O–H groups in total. The predicted octanol–water partition coefficient (Wildman–Crippen LogP) is 0.426. The molecule has 1 aromatic carbocycles. The molecule has 0 aliphatic carbocycles. The second kappa shape index (κ2) is 6.14. The van der Waals surface area contributed by atoms with Crippen molar-refractivity contribution in [3.05, 3.63) is 35.4 Å². The van der Waals surface area contributed by atoms with Gasteiger partial charge in [-0.2, -0.15) is 0 Å². The van der Waals surface area contributed by atoms with E-state index in [2.05, 4.69) is 35.3 Å². The minimum absolute atomic E-state index is 0.242. The average Bonchev–Trinajstić information content (AvgIpc) is 2.41. The first kappa shape index (κ1) is 14.0. The monoisotopic (exact) mass is 262 g/mol. The number of amides is 1. The smallest absolute Gasteiger partial charge is 0.265 e. The Kier molecular flexibility index (Phi) is 4.52. The van der Waals surface area contributed by atoms with Crippen LogP contribution in [0.15, 0.2) is 24.3 Å². The zero-order chi connectivity index (χ0) is 13.8. The van der Waals surface area contributed by atoms with Crippen molar-refractivity contribution < 1.29 is 4.79 Å². The first-order valence-electron chi connectivity index (χ1n) is 6.62. The molecular formula is C14H22N4O. The summed E-state index contributed by atoms with van der Waals surface area (Å²) in [6.07, 6.45) is 0. The van der Waals surface area contributed by atoms with E-state index in [0.29, 0.717) is 11.6 Å². The molecule has 1 amide bonds. The number of likely N-dealkylation sites (N-methyl/N-ethyl adjacent to an activating group) is 1.